The van der Waals surface area contributed by atoms with Crippen LogP contribution in [0.5, 0.6) is 0 Å². The summed E-state index contributed by atoms with van der Waals surface area (Å²) in [7, 11) is 0. The number of aliphatic carboxylic acids is 1. The molecule has 4 nitrogen and oxygen atoms in total. The van der Waals surface area contributed by atoms with Crippen molar-refractivity contribution in [2.24, 2.45) is 0 Å². The molecule has 72 valence electrons. The van der Waals surface area contributed by atoms with Gasteiger partial charge in [-0.15, -0.1) is 0 Å². The number of halogens is 2. The number of carboxylic acids is 1. The number of carbonyl (C=O) groups is 1. The van der Waals surface area contributed by atoms with Crippen molar-refractivity contribution in [2.45, 2.75) is 12.2 Å². The summed E-state index contributed by atoms with van der Waals surface area (Å²) in [6, 6.07) is 0. The molecule has 0 radical (unpaired) electrons. The molecule has 13 heavy (non-hydrogen) atoms. The Balaban J connectivity index is 3.12. The van der Waals surface area contributed by atoms with Gasteiger partial charge in [-0.05, 0) is 6.08 Å². The Morgan fingerprint density at radius 1 is 1.38 bits per heavy atom. The Kier molecular flexibility index (Phi) is 2.98. The highest BCUT2D eigenvalue weighted by Gasteiger charge is 2.29. The fourth-order valence-corrected chi connectivity index (χ4v) is 1.32. The summed E-state index contributed by atoms with van der Waals surface area (Å²) in [4.78, 5) is 10.4. The first-order chi connectivity index (χ1) is 5.95. The van der Waals surface area contributed by atoms with Gasteiger partial charge in [0.15, 0.2) is 0 Å². The molecule has 0 amide bonds. The number of allylic oxidation sites excluding steroid dienone is 2. The molecule has 0 aliphatic heterocycles. The van der Waals surface area contributed by atoms with Crippen LogP contribution in [0.4, 0.5) is 0 Å². The molecular weight excluding hydrogens is 219 g/mol. The Labute approximate surface area is 83.7 Å². The van der Waals surface area contributed by atoms with E-state index >= 15 is 0 Å². The van der Waals surface area contributed by atoms with Crippen molar-refractivity contribution in [1.82, 2.24) is 0 Å². The average Bonchev–Trinajstić information content (AvgIpc) is 2.07. The highest BCUT2D eigenvalue weighted by Crippen LogP contribution is 2.29. The maximum Gasteiger partial charge on any atom is 0.121 e. The van der Waals surface area contributed by atoms with E-state index in [4.69, 9.17) is 23.2 Å². The second-order valence-electron chi connectivity index (χ2n) is 2.47. The number of carbonyl (C=O) groups excluding carboxylic acids is 1. The van der Waals surface area contributed by atoms with Crippen LogP contribution in [0.2, 0.25) is 0 Å². The number of hydrogen-bond donors (Lipinski definition) is 2. The van der Waals surface area contributed by atoms with Crippen molar-refractivity contribution < 1.29 is 20.1 Å². The quantitative estimate of drug-likeness (QED) is 0.604. The maximum atomic E-state index is 10.4. The van der Waals surface area contributed by atoms with E-state index in [1.807, 2.05) is 0 Å². The molecule has 2 atom stereocenters. The summed E-state index contributed by atoms with van der Waals surface area (Å²) < 4.78 is 0. The Hall–Kier alpha value is -0.550. The van der Waals surface area contributed by atoms with Crippen molar-refractivity contribution >= 4 is 29.2 Å². The van der Waals surface area contributed by atoms with Crippen LogP contribution in [-0.2, 0) is 4.79 Å². The van der Waals surface area contributed by atoms with Gasteiger partial charge in [0.25, 0.3) is 0 Å². The fraction of sp³-hybridized carbons (Fsp3) is 0.286. The summed E-state index contributed by atoms with van der Waals surface area (Å²) in [5, 5.41) is 28.5. The molecule has 6 heteroatoms. The van der Waals surface area contributed by atoms with Crippen molar-refractivity contribution in [2.75, 3.05) is 0 Å². The van der Waals surface area contributed by atoms with Crippen LogP contribution >= 0.6 is 23.2 Å². The van der Waals surface area contributed by atoms with Crippen molar-refractivity contribution in [3.05, 3.63) is 21.7 Å². The normalized spacial score (nSPS) is 28.8. The predicted molar refractivity (Wildman–Crippen MR) is 43.8 cm³/mol. The van der Waals surface area contributed by atoms with Crippen LogP contribution in [-0.4, -0.2) is 28.4 Å². The van der Waals surface area contributed by atoms with E-state index in [0.29, 0.717) is 0 Å². The van der Waals surface area contributed by atoms with E-state index in [-0.39, 0.29) is 10.1 Å². The third kappa shape index (κ3) is 1.86. The van der Waals surface area contributed by atoms with E-state index < -0.39 is 23.8 Å². The molecule has 0 fully saturated rings. The molecular formula is C7H5Cl2O4-. The van der Waals surface area contributed by atoms with Gasteiger partial charge in [0.05, 0.1) is 16.0 Å². The van der Waals surface area contributed by atoms with Crippen LogP contribution in [0, 0.1) is 0 Å². The second kappa shape index (κ2) is 3.67. The van der Waals surface area contributed by atoms with Gasteiger partial charge in [-0.25, -0.2) is 0 Å². The molecule has 0 bridgehead atoms. The molecule has 0 aromatic heterocycles. The molecule has 0 aromatic rings. The lowest BCUT2D eigenvalue weighted by Crippen LogP contribution is -2.39. The molecule has 0 unspecified atom stereocenters. The average molecular weight is 224 g/mol. The Morgan fingerprint density at radius 3 is 2.38 bits per heavy atom. The van der Waals surface area contributed by atoms with Gasteiger partial charge in [0.2, 0.25) is 0 Å². The lowest BCUT2D eigenvalue weighted by Gasteiger charge is -2.25. The van der Waals surface area contributed by atoms with Crippen LogP contribution < -0.4 is 5.11 Å². The third-order valence-electron chi connectivity index (χ3n) is 1.62. The molecule has 0 aromatic carbocycles. The minimum Gasteiger partial charge on any atom is -0.545 e. The summed E-state index contributed by atoms with van der Waals surface area (Å²) in [6.07, 6.45) is -2.15. The molecule has 0 saturated carbocycles. The number of aliphatic hydroxyl groups is 2. The molecule has 1 aliphatic rings. The zero-order chi connectivity index (χ0) is 10.2. The second-order valence-corrected chi connectivity index (χ2v) is 3.29. The van der Waals surface area contributed by atoms with Gasteiger partial charge < -0.3 is 20.1 Å². The van der Waals surface area contributed by atoms with Crippen LogP contribution in [0.15, 0.2) is 21.7 Å². The zero-order valence-corrected chi connectivity index (χ0v) is 7.71. The zero-order valence-electron chi connectivity index (χ0n) is 6.20. The van der Waals surface area contributed by atoms with Crippen LogP contribution in [0.1, 0.15) is 0 Å². The number of carboxylic acid groups (broad SMARTS) is 1. The Bertz CT molecular complexity index is 308. The standard InChI is InChI=1S/C7H6Cl2O4/c8-3-1-2(7(12)13)5(10)6(11)4(3)9/h1,5-6,10-11H,(H,12,13)/p-1/t5-,6-/m0/s1. The van der Waals surface area contributed by atoms with E-state index in [1.165, 1.54) is 0 Å². The van der Waals surface area contributed by atoms with Gasteiger partial charge >= 0.3 is 0 Å². The summed E-state index contributed by atoms with van der Waals surface area (Å²) in [6.45, 7) is 0. The van der Waals surface area contributed by atoms with Crippen molar-refractivity contribution in [3.63, 3.8) is 0 Å². The highest BCUT2D eigenvalue weighted by atomic mass is 35.5. The predicted octanol–water partition coefficient (Wildman–Crippen LogP) is -0.913. The number of hydrogen-bond acceptors (Lipinski definition) is 4. The van der Waals surface area contributed by atoms with Gasteiger partial charge in [-0.2, -0.15) is 0 Å². The third-order valence-corrected chi connectivity index (χ3v) is 2.46. The Morgan fingerprint density at radius 2 is 1.92 bits per heavy atom. The number of aliphatic hydroxyl groups excluding tert-OH is 2. The summed E-state index contributed by atoms with van der Waals surface area (Å²) in [5.41, 5.74) is -0.484. The first-order valence-electron chi connectivity index (χ1n) is 3.29. The van der Waals surface area contributed by atoms with Crippen molar-refractivity contribution in [1.29, 1.82) is 0 Å². The first-order valence-corrected chi connectivity index (χ1v) is 4.05. The number of rotatable bonds is 1. The SMILES string of the molecule is O=C([O-])C1=CC(Cl)=C(Cl)[C@H](O)[C@H]1O. The van der Waals surface area contributed by atoms with E-state index in [9.17, 15) is 20.1 Å². The van der Waals surface area contributed by atoms with Gasteiger partial charge in [0, 0.05) is 5.57 Å². The summed E-state index contributed by atoms with van der Waals surface area (Å²) in [5.74, 6) is -1.59. The van der Waals surface area contributed by atoms with Crippen LogP contribution in [0.3, 0.4) is 0 Å². The summed E-state index contributed by atoms with van der Waals surface area (Å²) >= 11 is 10.9. The van der Waals surface area contributed by atoms with Gasteiger partial charge in [-0.1, -0.05) is 23.2 Å². The van der Waals surface area contributed by atoms with E-state index in [2.05, 4.69) is 0 Å². The monoisotopic (exact) mass is 223 g/mol. The topological polar surface area (TPSA) is 80.6 Å². The smallest absolute Gasteiger partial charge is 0.121 e. The largest absolute Gasteiger partial charge is 0.545 e. The first kappa shape index (κ1) is 10.5. The highest BCUT2D eigenvalue weighted by molar-refractivity contribution is 6.41. The molecule has 0 heterocycles. The molecule has 1 aliphatic carbocycles. The molecule has 2 N–H and O–H groups in total. The fourth-order valence-electron chi connectivity index (χ4n) is 0.920. The maximum absolute atomic E-state index is 10.4. The van der Waals surface area contributed by atoms with E-state index in [0.717, 1.165) is 6.08 Å². The van der Waals surface area contributed by atoms with Gasteiger partial charge in [0.1, 0.15) is 12.2 Å². The van der Waals surface area contributed by atoms with Crippen LogP contribution in [0.25, 0.3) is 0 Å². The van der Waals surface area contributed by atoms with Gasteiger partial charge in [-0.3, -0.25) is 0 Å². The van der Waals surface area contributed by atoms with E-state index in [1.54, 1.807) is 0 Å². The lowest BCUT2D eigenvalue weighted by atomic mass is 9.99. The minimum absolute atomic E-state index is 0.112. The lowest BCUT2D eigenvalue weighted by molar-refractivity contribution is -0.300. The molecule has 1 rings (SSSR count). The van der Waals surface area contributed by atoms with Crippen molar-refractivity contribution in [3.8, 4) is 0 Å². The molecule has 0 spiro atoms. The molecule has 0 saturated heterocycles. The minimum atomic E-state index is -1.60.